The number of ether oxygens (including phenoxy) is 2. The van der Waals surface area contributed by atoms with Gasteiger partial charge >= 0.3 is 0 Å². The molecule has 0 aliphatic heterocycles. The van der Waals surface area contributed by atoms with Gasteiger partial charge in [-0.2, -0.15) is 0 Å². The summed E-state index contributed by atoms with van der Waals surface area (Å²) in [7, 11) is 7.46. The average Bonchev–Trinajstić information content (AvgIpc) is 2.68. The second-order valence-electron chi connectivity index (χ2n) is 6.41. The van der Waals surface area contributed by atoms with Crippen molar-refractivity contribution in [3.8, 4) is 22.9 Å². The molecule has 134 valence electrons. The highest BCUT2D eigenvalue weighted by Gasteiger charge is 2.22. The number of methoxy groups -OCH3 is 2. The minimum absolute atomic E-state index is 0.492. The molecule has 0 amide bonds. The molecule has 0 bridgehead atoms. The van der Waals surface area contributed by atoms with Gasteiger partial charge in [0, 0.05) is 17.7 Å². The van der Waals surface area contributed by atoms with E-state index < -0.39 is 0 Å². The van der Waals surface area contributed by atoms with Crippen molar-refractivity contribution in [3.05, 3.63) is 54.4 Å². The van der Waals surface area contributed by atoms with Gasteiger partial charge in [-0.25, -0.2) is 0 Å². The summed E-state index contributed by atoms with van der Waals surface area (Å²) in [6.45, 7) is 0.579. The maximum absolute atomic E-state index is 5.21. The van der Waals surface area contributed by atoms with E-state index >= 15 is 0 Å². The molecule has 0 aliphatic carbocycles. The first-order valence-electron chi connectivity index (χ1n) is 8.20. The zero-order valence-corrected chi connectivity index (χ0v) is 15.4. The predicted molar refractivity (Wildman–Crippen MR) is 100.0 cm³/mol. The van der Waals surface area contributed by atoms with Gasteiger partial charge in [-0.15, -0.1) is 20.4 Å². The lowest BCUT2D eigenvalue weighted by Crippen LogP contribution is -2.40. The third-order valence-corrected chi connectivity index (χ3v) is 4.18. The van der Waals surface area contributed by atoms with Gasteiger partial charge in [0.25, 0.3) is 0 Å². The zero-order chi connectivity index (χ0) is 18.6. The molecule has 0 aliphatic rings. The van der Waals surface area contributed by atoms with E-state index in [-0.39, 0.29) is 0 Å². The van der Waals surface area contributed by atoms with E-state index in [4.69, 9.17) is 9.47 Å². The van der Waals surface area contributed by atoms with Gasteiger partial charge < -0.3 is 9.47 Å². The molecule has 3 aromatic rings. The summed E-state index contributed by atoms with van der Waals surface area (Å²) in [6.07, 6.45) is 0. The SMILES string of the molecule is COc1ccc(-c2nnc(C[N+](C)(C)c3ccc(OC)cc3)nn2)cc1. The van der Waals surface area contributed by atoms with E-state index in [0.717, 1.165) is 22.7 Å². The number of hydrogen-bond acceptors (Lipinski definition) is 6. The van der Waals surface area contributed by atoms with Crippen LogP contribution in [0.1, 0.15) is 5.82 Å². The maximum Gasteiger partial charge on any atom is 0.227 e. The van der Waals surface area contributed by atoms with Crippen LogP contribution in [0.4, 0.5) is 5.69 Å². The normalized spacial score (nSPS) is 11.2. The molecule has 0 fully saturated rings. The lowest BCUT2D eigenvalue weighted by atomic mass is 10.2. The molecule has 3 rings (SSSR count). The summed E-state index contributed by atoms with van der Waals surface area (Å²) in [5.74, 6) is 2.69. The lowest BCUT2D eigenvalue weighted by molar-refractivity contribution is 0.374. The van der Waals surface area contributed by atoms with E-state index in [0.29, 0.717) is 22.7 Å². The average molecular weight is 352 g/mol. The standard InChI is InChI=1S/C19H22N5O2/c1-24(2,15-7-11-17(26-4)12-8-15)13-18-20-22-19(23-21-18)14-5-9-16(25-3)10-6-14/h5-12H,13H2,1-4H3/q+1. The molecular formula is C19H22N5O2+. The summed E-state index contributed by atoms with van der Waals surface area (Å²) in [5.41, 5.74) is 1.97. The van der Waals surface area contributed by atoms with Crippen LogP contribution in [0, 0.1) is 0 Å². The fourth-order valence-electron chi connectivity index (χ4n) is 2.60. The molecule has 0 spiro atoms. The number of rotatable bonds is 6. The van der Waals surface area contributed by atoms with Crippen molar-refractivity contribution >= 4 is 5.69 Å². The summed E-state index contributed by atoms with van der Waals surface area (Å²) < 4.78 is 10.9. The van der Waals surface area contributed by atoms with Gasteiger partial charge in [-0.1, -0.05) is 0 Å². The Hall–Kier alpha value is -3.06. The van der Waals surface area contributed by atoms with Crippen molar-refractivity contribution in [2.24, 2.45) is 0 Å². The minimum Gasteiger partial charge on any atom is -0.497 e. The first kappa shape index (κ1) is 17.8. The van der Waals surface area contributed by atoms with Crippen molar-refractivity contribution in [1.82, 2.24) is 24.9 Å². The summed E-state index contributed by atoms with van der Waals surface area (Å²) in [6, 6.07) is 15.4. The molecule has 26 heavy (non-hydrogen) atoms. The van der Waals surface area contributed by atoms with Crippen LogP contribution in [0.5, 0.6) is 11.5 Å². The smallest absolute Gasteiger partial charge is 0.227 e. The molecule has 1 heterocycles. The Morgan fingerprint density at radius 1 is 0.731 bits per heavy atom. The fourth-order valence-corrected chi connectivity index (χ4v) is 2.60. The van der Waals surface area contributed by atoms with E-state index in [1.165, 1.54) is 0 Å². The Morgan fingerprint density at radius 3 is 1.73 bits per heavy atom. The summed E-state index contributed by atoms with van der Waals surface area (Å²) in [4.78, 5) is 0. The maximum atomic E-state index is 5.21. The van der Waals surface area contributed by atoms with E-state index in [9.17, 15) is 0 Å². The van der Waals surface area contributed by atoms with Crippen molar-refractivity contribution < 1.29 is 9.47 Å². The number of benzene rings is 2. The largest absolute Gasteiger partial charge is 0.497 e. The van der Waals surface area contributed by atoms with E-state index in [2.05, 4.69) is 34.5 Å². The van der Waals surface area contributed by atoms with Crippen LogP contribution in [0.3, 0.4) is 0 Å². The number of hydrogen-bond donors (Lipinski definition) is 0. The van der Waals surface area contributed by atoms with Crippen LogP contribution in [0.25, 0.3) is 11.4 Å². The first-order chi connectivity index (χ1) is 12.5. The Morgan fingerprint density at radius 2 is 1.23 bits per heavy atom. The Labute approximate surface area is 152 Å². The Kier molecular flexibility index (Phi) is 5.09. The molecule has 7 nitrogen and oxygen atoms in total. The van der Waals surface area contributed by atoms with Crippen LogP contribution in [0.2, 0.25) is 0 Å². The van der Waals surface area contributed by atoms with E-state index in [1.807, 2.05) is 48.5 Å². The van der Waals surface area contributed by atoms with Gasteiger partial charge in [-0.05, 0) is 36.4 Å². The minimum atomic E-state index is 0.492. The summed E-state index contributed by atoms with van der Waals surface area (Å²) >= 11 is 0. The third kappa shape index (κ3) is 3.94. The van der Waals surface area contributed by atoms with Gasteiger partial charge in [0.05, 0.1) is 28.3 Å². The molecule has 0 saturated heterocycles. The van der Waals surface area contributed by atoms with Crippen molar-refractivity contribution in [3.63, 3.8) is 0 Å². The van der Waals surface area contributed by atoms with Gasteiger partial charge in [0.1, 0.15) is 23.7 Å². The molecular weight excluding hydrogens is 330 g/mol. The van der Waals surface area contributed by atoms with Gasteiger partial charge in [-0.3, -0.25) is 4.48 Å². The Bertz CT molecular complexity index is 847. The van der Waals surface area contributed by atoms with Gasteiger partial charge in [0.2, 0.25) is 11.6 Å². The molecule has 1 aromatic heterocycles. The van der Waals surface area contributed by atoms with Crippen molar-refractivity contribution in [2.75, 3.05) is 28.3 Å². The lowest BCUT2D eigenvalue weighted by Gasteiger charge is -2.28. The monoisotopic (exact) mass is 352 g/mol. The second-order valence-corrected chi connectivity index (χ2v) is 6.41. The van der Waals surface area contributed by atoms with Gasteiger partial charge in [0.15, 0.2) is 0 Å². The zero-order valence-electron chi connectivity index (χ0n) is 15.4. The molecule has 0 saturated carbocycles. The van der Waals surface area contributed by atoms with E-state index in [1.54, 1.807) is 14.2 Å². The highest BCUT2D eigenvalue weighted by Crippen LogP contribution is 2.24. The molecule has 7 heteroatoms. The molecule has 0 N–H and O–H groups in total. The third-order valence-electron chi connectivity index (χ3n) is 4.18. The van der Waals surface area contributed by atoms with Crippen LogP contribution in [0.15, 0.2) is 48.5 Å². The van der Waals surface area contributed by atoms with Crippen LogP contribution >= 0.6 is 0 Å². The number of aromatic nitrogens is 4. The predicted octanol–water partition coefficient (Wildman–Crippen LogP) is 2.72. The first-order valence-corrected chi connectivity index (χ1v) is 8.20. The fraction of sp³-hybridized carbons (Fsp3) is 0.263. The van der Waals surface area contributed by atoms with Crippen molar-refractivity contribution in [1.29, 1.82) is 0 Å². The highest BCUT2D eigenvalue weighted by atomic mass is 16.5. The number of nitrogens with zero attached hydrogens (tertiary/aromatic N) is 5. The molecule has 0 unspecified atom stereocenters. The van der Waals surface area contributed by atoms with Crippen LogP contribution in [-0.4, -0.2) is 48.7 Å². The van der Waals surface area contributed by atoms with Crippen LogP contribution in [-0.2, 0) is 6.54 Å². The quantitative estimate of drug-likeness (QED) is 0.635. The van der Waals surface area contributed by atoms with Crippen molar-refractivity contribution in [2.45, 2.75) is 6.54 Å². The molecule has 2 aromatic carbocycles. The topological polar surface area (TPSA) is 70.0 Å². The number of quaternary nitrogens is 1. The Balaban J connectivity index is 1.74. The van der Waals surface area contributed by atoms with Crippen LogP contribution < -0.4 is 14.0 Å². The highest BCUT2D eigenvalue weighted by molar-refractivity contribution is 5.55. The second kappa shape index (κ2) is 7.45. The molecule has 0 radical (unpaired) electrons. The molecule has 0 atom stereocenters. The summed E-state index contributed by atoms with van der Waals surface area (Å²) in [5, 5.41) is 16.9.